The third-order valence-corrected chi connectivity index (χ3v) is 6.78. The van der Waals surface area contributed by atoms with E-state index < -0.39 is 18.0 Å². The smallest absolute Gasteiger partial charge is 0.381 e. The Morgan fingerprint density at radius 2 is 2.03 bits per heavy atom. The number of hydrogen-bond donors (Lipinski definition) is 2. The van der Waals surface area contributed by atoms with Gasteiger partial charge < -0.3 is 15.4 Å². The van der Waals surface area contributed by atoms with Crippen LogP contribution in [0.25, 0.3) is 11.3 Å². The van der Waals surface area contributed by atoms with Gasteiger partial charge in [-0.15, -0.1) is 0 Å². The van der Waals surface area contributed by atoms with Crippen LogP contribution in [0.15, 0.2) is 30.5 Å². The van der Waals surface area contributed by atoms with Crippen molar-refractivity contribution in [2.45, 2.75) is 31.9 Å². The van der Waals surface area contributed by atoms with Gasteiger partial charge in [-0.1, -0.05) is 17.7 Å². The van der Waals surface area contributed by atoms with Gasteiger partial charge in [0.1, 0.15) is 11.6 Å². The molecule has 0 spiro atoms. The van der Waals surface area contributed by atoms with Crippen LogP contribution in [0, 0.1) is 17.8 Å². The standard InChI is InChI=1S/C24H28ClF3N4O2/c25-20-14-30-18(10-22(33)16-8-17(13-29-12-16)24(26,27)28)9-19(20)21-2-1-3-23(32-21)31-11-15-4-6-34-7-5-15/h1-3,9,14-17,29H,4-8,10-13H2,(H,31,32)/t16-,17+/m1/s1. The topological polar surface area (TPSA) is 76.1 Å². The zero-order valence-electron chi connectivity index (χ0n) is 18.7. The summed E-state index contributed by atoms with van der Waals surface area (Å²) in [7, 11) is 0. The first-order chi connectivity index (χ1) is 16.3. The van der Waals surface area contributed by atoms with Crippen molar-refractivity contribution in [3.8, 4) is 11.3 Å². The third kappa shape index (κ3) is 6.46. The maximum absolute atomic E-state index is 13.1. The molecule has 2 N–H and O–H groups in total. The summed E-state index contributed by atoms with van der Waals surface area (Å²) in [6.07, 6.45) is -1.07. The highest BCUT2D eigenvalue weighted by atomic mass is 35.5. The second-order valence-corrected chi connectivity index (χ2v) is 9.38. The van der Waals surface area contributed by atoms with E-state index in [0.717, 1.165) is 38.4 Å². The molecule has 184 valence electrons. The summed E-state index contributed by atoms with van der Waals surface area (Å²) < 4.78 is 44.7. The Morgan fingerprint density at radius 1 is 1.24 bits per heavy atom. The van der Waals surface area contributed by atoms with Crippen molar-refractivity contribution >= 4 is 23.2 Å². The van der Waals surface area contributed by atoms with Gasteiger partial charge in [0.15, 0.2) is 0 Å². The molecule has 10 heteroatoms. The molecule has 0 radical (unpaired) electrons. The maximum atomic E-state index is 13.1. The maximum Gasteiger partial charge on any atom is 0.393 e. The number of ether oxygens (including phenoxy) is 1. The molecule has 2 aromatic rings. The van der Waals surface area contributed by atoms with Crippen molar-refractivity contribution in [1.29, 1.82) is 0 Å². The largest absolute Gasteiger partial charge is 0.393 e. The van der Waals surface area contributed by atoms with Gasteiger partial charge in [-0.2, -0.15) is 13.2 Å². The number of pyridine rings is 2. The van der Waals surface area contributed by atoms with Crippen molar-refractivity contribution in [3.63, 3.8) is 0 Å². The number of hydrogen-bond acceptors (Lipinski definition) is 6. The third-order valence-electron chi connectivity index (χ3n) is 6.47. The summed E-state index contributed by atoms with van der Waals surface area (Å²) in [5.74, 6) is -1.21. The molecule has 2 fully saturated rings. The van der Waals surface area contributed by atoms with Crippen molar-refractivity contribution in [3.05, 3.63) is 41.2 Å². The highest BCUT2D eigenvalue weighted by Crippen LogP contribution is 2.34. The first-order valence-electron chi connectivity index (χ1n) is 11.5. The molecule has 2 atom stereocenters. The number of halogens is 4. The van der Waals surface area contributed by atoms with E-state index in [1.165, 1.54) is 6.20 Å². The predicted molar refractivity (Wildman–Crippen MR) is 124 cm³/mol. The Labute approximate surface area is 201 Å². The number of rotatable bonds is 7. The first-order valence-corrected chi connectivity index (χ1v) is 11.9. The highest BCUT2D eigenvalue weighted by molar-refractivity contribution is 6.33. The summed E-state index contributed by atoms with van der Waals surface area (Å²) in [5.41, 5.74) is 1.72. The van der Waals surface area contributed by atoms with Crippen molar-refractivity contribution < 1.29 is 22.7 Å². The quantitative estimate of drug-likeness (QED) is 0.586. The lowest BCUT2D eigenvalue weighted by Gasteiger charge is -2.30. The molecular weight excluding hydrogens is 469 g/mol. The number of Topliss-reactive ketones (excluding diaryl/α,β-unsaturated/α-hetero) is 1. The molecule has 0 unspecified atom stereocenters. The molecule has 2 aliphatic heterocycles. The average Bonchev–Trinajstić information content (AvgIpc) is 2.84. The van der Waals surface area contributed by atoms with Gasteiger partial charge in [0.2, 0.25) is 0 Å². The lowest BCUT2D eigenvalue weighted by molar-refractivity contribution is -0.182. The van der Waals surface area contributed by atoms with Gasteiger partial charge in [-0.3, -0.25) is 9.78 Å². The fourth-order valence-corrected chi connectivity index (χ4v) is 4.62. The molecule has 4 heterocycles. The number of carbonyl (C=O) groups is 1. The summed E-state index contributed by atoms with van der Waals surface area (Å²) in [6, 6.07) is 7.28. The number of aromatic nitrogens is 2. The Kier molecular flexibility index (Phi) is 8.06. The number of alkyl halides is 3. The molecule has 0 aliphatic carbocycles. The van der Waals surface area contributed by atoms with Gasteiger partial charge in [0.05, 0.1) is 16.6 Å². The van der Waals surface area contributed by atoms with Crippen LogP contribution in [-0.2, 0) is 16.0 Å². The molecule has 4 rings (SSSR count). The van der Waals surface area contributed by atoms with Crippen molar-refractivity contribution in [1.82, 2.24) is 15.3 Å². The van der Waals surface area contributed by atoms with E-state index in [9.17, 15) is 18.0 Å². The second kappa shape index (κ2) is 11.0. The lowest BCUT2D eigenvalue weighted by atomic mass is 9.85. The minimum atomic E-state index is -4.31. The number of anilines is 1. The van der Waals surface area contributed by atoms with Gasteiger partial charge in [-0.05, 0) is 43.4 Å². The fourth-order valence-electron chi connectivity index (χ4n) is 4.42. The van der Waals surface area contributed by atoms with Crippen LogP contribution >= 0.6 is 11.6 Å². The number of piperidine rings is 1. The molecule has 6 nitrogen and oxygen atoms in total. The minimum absolute atomic E-state index is 0.0528. The number of nitrogens with zero attached hydrogens (tertiary/aromatic N) is 2. The normalized spacial score (nSPS) is 21.9. The first kappa shape index (κ1) is 24.9. The number of nitrogens with one attached hydrogen (secondary N) is 2. The highest BCUT2D eigenvalue weighted by Gasteiger charge is 2.43. The van der Waals surface area contributed by atoms with Gasteiger partial charge in [-0.25, -0.2) is 4.98 Å². The SMILES string of the molecule is O=C(Cc1cc(-c2cccc(NCC3CCOCC3)n2)c(Cl)cn1)[C@H]1CNC[C@@H](C(F)(F)F)C1. The van der Waals surface area contributed by atoms with Crippen LogP contribution in [0.1, 0.15) is 25.0 Å². The van der Waals surface area contributed by atoms with Crippen LogP contribution < -0.4 is 10.6 Å². The van der Waals surface area contributed by atoms with E-state index in [1.54, 1.807) is 6.07 Å². The van der Waals surface area contributed by atoms with Crippen LogP contribution in [0.4, 0.5) is 19.0 Å². The molecule has 0 aromatic carbocycles. The summed E-state index contributed by atoms with van der Waals surface area (Å²) in [4.78, 5) is 21.6. The molecule has 0 amide bonds. The van der Waals surface area contributed by atoms with E-state index in [1.807, 2.05) is 18.2 Å². The van der Waals surface area contributed by atoms with Crippen LogP contribution in [0.3, 0.4) is 0 Å². The molecule has 2 saturated heterocycles. The Bertz CT molecular complexity index is 998. The van der Waals surface area contributed by atoms with Crippen molar-refractivity contribution in [2.75, 3.05) is 38.2 Å². The van der Waals surface area contributed by atoms with Crippen LogP contribution in [0.2, 0.25) is 5.02 Å². The van der Waals surface area contributed by atoms with E-state index >= 15 is 0 Å². The second-order valence-electron chi connectivity index (χ2n) is 8.97. The van der Waals surface area contributed by atoms with Crippen molar-refractivity contribution in [2.24, 2.45) is 17.8 Å². The Hall–Kier alpha value is -2.23. The van der Waals surface area contributed by atoms with Crippen LogP contribution in [0.5, 0.6) is 0 Å². The summed E-state index contributed by atoms with van der Waals surface area (Å²) in [5, 5.41) is 6.50. The Balaban J connectivity index is 1.43. The van der Waals surface area contributed by atoms with Gasteiger partial charge in [0, 0.05) is 62.6 Å². The Morgan fingerprint density at radius 3 is 2.79 bits per heavy atom. The van der Waals surface area contributed by atoms with Crippen LogP contribution in [-0.4, -0.2) is 54.8 Å². The summed E-state index contributed by atoms with van der Waals surface area (Å²) in [6.45, 7) is 2.46. The molecule has 2 aromatic heterocycles. The molecular formula is C24H28ClF3N4O2. The molecule has 0 bridgehead atoms. The van der Waals surface area contributed by atoms with E-state index in [2.05, 4.69) is 20.6 Å². The molecule has 2 aliphatic rings. The average molecular weight is 497 g/mol. The number of ketones is 1. The van der Waals surface area contributed by atoms with Gasteiger partial charge >= 0.3 is 6.18 Å². The van der Waals surface area contributed by atoms with E-state index in [0.29, 0.717) is 27.9 Å². The number of carbonyl (C=O) groups excluding carboxylic acids is 1. The van der Waals surface area contributed by atoms with E-state index in [4.69, 9.17) is 16.3 Å². The molecule has 34 heavy (non-hydrogen) atoms. The zero-order valence-corrected chi connectivity index (χ0v) is 19.5. The fraction of sp³-hybridized carbons (Fsp3) is 0.542. The lowest BCUT2D eigenvalue weighted by Crippen LogP contribution is -2.45. The predicted octanol–water partition coefficient (Wildman–Crippen LogP) is 4.54. The van der Waals surface area contributed by atoms with Gasteiger partial charge in [0.25, 0.3) is 0 Å². The zero-order chi connectivity index (χ0) is 24.1. The summed E-state index contributed by atoms with van der Waals surface area (Å²) >= 11 is 6.38. The monoisotopic (exact) mass is 496 g/mol. The van der Waals surface area contributed by atoms with E-state index in [-0.39, 0.29) is 31.7 Å². The molecule has 0 saturated carbocycles. The minimum Gasteiger partial charge on any atom is -0.381 e.